The number of methoxy groups -OCH3 is 1. The van der Waals surface area contributed by atoms with Crippen LogP contribution in [0.15, 0.2) is 58.0 Å². The second-order valence-electron chi connectivity index (χ2n) is 5.80. The van der Waals surface area contributed by atoms with E-state index in [2.05, 4.69) is 31.6 Å². The predicted molar refractivity (Wildman–Crippen MR) is 111 cm³/mol. The molecule has 2 N–H and O–H groups in total. The van der Waals surface area contributed by atoms with Crippen molar-refractivity contribution in [2.45, 2.75) is 12.5 Å². The third-order valence-electron chi connectivity index (χ3n) is 3.86. The van der Waals surface area contributed by atoms with Crippen molar-refractivity contribution in [3.8, 4) is 5.75 Å². The van der Waals surface area contributed by atoms with E-state index < -0.39 is 0 Å². The molecule has 0 spiro atoms. The van der Waals surface area contributed by atoms with Crippen LogP contribution < -0.4 is 15.4 Å². The third-order valence-corrected chi connectivity index (χ3v) is 5.37. The van der Waals surface area contributed by atoms with Gasteiger partial charge in [-0.25, -0.2) is 0 Å². The molecule has 0 aromatic heterocycles. The number of amides is 2. The maximum atomic E-state index is 12.2. The first-order valence-electron chi connectivity index (χ1n) is 8.24. The fraction of sp³-hybridized carbons (Fsp3) is 0.211. The minimum atomic E-state index is -0.219. The van der Waals surface area contributed by atoms with Crippen LogP contribution in [0.3, 0.4) is 0 Å². The number of hydrogen-bond acceptors (Lipinski definition) is 5. The zero-order chi connectivity index (χ0) is 19.2. The van der Waals surface area contributed by atoms with Crippen molar-refractivity contribution in [3.05, 3.63) is 58.6 Å². The summed E-state index contributed by atoms with van der Waals surface area (Å²) in [6, 6.07) is 14.7. The lowest BCUT2D eigenvalue weighted by Crippen LogP contribution is -2.35. The Morgan fingerprint density at radius 3 is 2.81 bits per heavy atom. The van der Waals surface area contributed by atoms with Crippen molar-refractivity contribution in [1.29, 1.82) is 0 Å². The molecule has 0 aliphatic carbocycles. The van der Waals surface area contributed by atoms with Crippen LogP contribution in [-0.2, 0) is 9.59 Å². The van der Waals surface area contributed by atoms with Crippen LogP contribution in [0.2, 0.25) is 0 Å². The molecule has 2 aromatic carbocycles. The molecule has 0 fully saturated rings. The van der Waals surface area contributed by atoms with Gasteiger partial charge in [0.1, 0.15) is 5.75 Å². The van der Waals surface area contributed by atoms with Crippen LogP contribution in [-0.4, -0.2) is 29.8 Å². The van der Waals surface area contributed by atoms with Gasteiger partial charge >= 0.3 is 0 Å². The second kappa shape index (κ2) is 9.05. The first-order chi connectivity index (χ1) is 13.0. The fourth-order valence-corrected chi connectivity index (χ4v) is 3.85. The van der Waals surface area contributed by atoms with Crippen molar-refractivity contribution >= 4 is 50.4 Å². The van der Waals surface area contributed by atoms with E-state index in [0.29, 0.717) is 23.0 Å². The van der Waals surface area contributed by atoms with E-state index in [4.69, 9.17) is 4.74 Å². The molecule has 0 saturated carbocycles. The van der Waals surface area contributed by atoms with Crippen molar-refractivity contribution in [2.75, 3.05) is 18.2 Å². The van der Waals surface area contributed by atoms with Crippen LogP contribution in [0.1, 0.15) is 18.0 Å². The van der Waals surface area contributed by atoms with Gasteiger partial charge in [-0.3, -0.25) is 14.6 Å². The molecule has 2 amide bonds. The number of nitrogens with one attached hydrogen (secondary N) is 2. The van der Waals surface area contributed by atoms with Gasteiger partial charge in [-0.05, 0) is 39.7 Å². The van der Waals surface area contributed by atoms with E-state index in [1.807, 2.05) is 30.3 Å². The summed E-state index contributed by atoms with van der Waals surface area (Å²) in [6.45, 7) is 0. The maximum Gasteiger partial charge on any atom is 0.234 e. The van der Waals surface area contributed by atoms with Gasteiger partial charge in [0.2, 0.25) is 11.8 Å². The van der Waals surface area contributed by atoms with Crippen molar-refractivity contribution in [3.63, 3.8) is 0 Å². The number of anilines is 1. The van der Waals surface area contributed by atoms with E-state index in [1.54, 1.807) is 25.3 Å². The van der Waals surface area contributed by atoms with Crippen LogP contribution >= 0.6 is 27.7 Å². The molecular formula is C19H18BrN3O3S. The topological polar surface area (TPSA) is 79.8 Å². The number of rotatable bonds is 5. The van der Waals surface area contributed by atoms with Crippen LogP contribution in [0.5, 0.6) is 5.75 Å². The molecule has 1 aliphatic heterocycles. The fourth-order valence-electron chi connectivity index (χ4n) is 2.58. The molecule has 1 atom stereocenters. The lowest BCUT2D eigenvalue weighted by atomic mass is 10.0. The summed E-state index contributed by atoms with van der Waals surface area (Å²) in [5.41, 5.74) is 1.64. The maximum absolute atomic E-state index is 12.2. The zero-order valence-corrected chi connectivity index (χ0v) is 17.0. The number of benzene rings is 2. The molecule has 1 heterocycles. The monoisotopic (exact) mass is 447 g/mol. The number of thioether (sulfide) groups is 1. The third kappa shape index (κ3) is 5.33. The molecule has 27 heavy (non-hydrogen) atoms. The normalized spacial score (nSPS) is 16.3. The number of carbonyl (C=O) groups is 2. The van der Waals surface area contributed by atoms with Gasteiger partial charge in [0.15, 0.2) is 5.17 Å². The molecule has 3 rings (SSSR count). The highest BCUT2D eigenvalue weighted by Gasteiger charge is 2.23. The quantitative estimate of drug-likeness (QED) is 0.731. The van der Waals surface area contributed by atoms with Crippen molar-refractivity contribution in [1.82, 2.24) is 5.32 Å². The van der Waals surface area contributed by atoms with Gasteiger partial charge in [-0.1, -0.05) is 42.1 Å². The summed E-state index contributed by atoms with van der Waals surface area (Å²) in [5, 5.41) is 6.01. The smallest absolute Gasteiger partial charge is 0.234 e. The highest BCUT2D eigenvalue weighted by atomic mass is 79.9. The van der Waals surface area contributed by atoms with Gasteiger partial charge in [0, 0.05) is 5.69 Å². The number of amidine groups is 1. The number of aliphatic imine (C=N–C) groups is 1. The Labute approximate surface area is 169 Å². The molecule has 8 heteroatoms. The lowest BCUT2D eigenvalue weighted by Gasteiger charge is -2.20. The van der Waals surface area contributed by atoms with Gasteiger partial charge in [0.25, 0.3) is 0 Å². The first-order valence-corrected chi connectivity index (χ1v) is 10.0. The van der Waals surface area contributed by atoms with Gasteiger partial charge in [-0.2, -0.15) is 0 Å². The predicted octanol–water partition coefficient (Wildman–Crippen LogP) is 3.75. The SMILES string of the molecule is COc1ccc(NC(=O)CSC2=N[C@@H](c3ccccc3)CC(=O)N2)cc1Br. The standard InChI is InChI=1S/C19H18BrN3O3S/c1-26-16-8-7-13(9-14(16)20)21-18(25)11-27-19-22-15(10-17(24)23-19)12-5-3-2-4-6-12/h2-9,15H,10-11H2,1H3,(H,21,25)(H,22,23,24)/t15-/m1/s1. The highest BCUT2D eigenvalue weighted by molar-refractivity contribution is 9.10. The minimum absolute atomic E-state index is 0.0964. The van der Waals surface area contributed by atoms with E-state index in [0.717, 1.165) is 10.0 Å². The Morgan fingerprint density at radius 1 is 1.33 bits per heavy atom. The Morgan fingerprint density at radius 2 is 2.11 bits per heavy atom. The number of hydrogen-bond donors (Lipinski definition) is 2. The van der Waals surface area contributed by atoms with Gasteiger partial charge < -0.3 is 15.4 Å². The van der Waals surface area contributed by atoms with Crippen molar-refractivity contribution in [2.24, 2.45) is 4.99 Å². The average Bonchev–Trinajstić information content (AvgIpc) is 2.67. The second-order valence-corrected chi connectivity index (χ2v) is 7.62. The molecule has 0 unspecified atom stereocenters. The van der Waals surface area contributed by atoms with E-state index in [-0.39, 0.29) is 23.6 Å². The molecule has 2 aromatic rings. The Hall–Kier alpha value is -2.32. The summed E-state index contributed by atoms with van der Waals surface area (Å²) in [6.07, 6.45) is 0.306. The Balaban J connectivity index is 1.60. The molecule has 0 saturated heterocycles. The number of ether oxygens (including phenoxy) is 1. The van der Waals surface area contributed by atoms with E-state index >= 15 is 0 Å². The van der Waals surface area contributed by atoms with E-state index in [1.165, 1.54) is 11.8 Å². The number of halogens is 1. The molecule has 0 bridgehead atoms. The van der Waals surface area contributed by atoms with Gasteiger partial charge in [0.05, 0.1) is 29.8 Å². The lowest BCUT2D eigenvalue weighted by molar-refractivity contribution is -0.120. The van der Waals surface area contributed by atoms with Crippen LogP contribution in [0, 0.1) is 0 Å². The van der Waals surface area contributed by atoms with Crippen molar-refractivity contribution < 1.29 is 14.3 Å². The summed E-state index contributed by atoms with van der Waals surface area (Å²) >= 11 is 4.59. The summed E-state index contributed by atoms with van der Waals surface area (Å²) in [7, 11) is 1.58. The van der Waals surface area contributed by atoms with Crippen LogP contribution in [0.4, 0.5) is 5.69 Å². The zero-order valence-electron chi connectivity index (χ0n) is 14.6. The minimum Gasteiger partial charge on any atom is -0.496 e. The Bertz CT molecular complexity index is 874. The molecule has 140 valence electrons. The summed E-state index contributed by atoms with van der Waals surface area (Å²) < 4.78 is 5.92. The summed E-state index contributed by atoms with van der Waals surface area (Å²) in [5.74, 6) is 0.551. The Kier molecular flexibility index (Phi) is 6.52. The number of carbonyl (C=O) groups excluding carboxylic acids is 2. The molecule has 6 nitrogen and oxygen atoms in total. The average molecular weight is 448 g/mol. The van der Waals surface area contributed by atoms with Crippen LogP contribution in [0.25, 0.3) is 0 Å². The summed E-state index contributed by atoms with van der Waals surface area (Å²) in [4.78, 5) is 28.7. The largest absolute Gasteiger partial charge is 0.496 e. The molecule has 0 radical (unpaired) electrons. The highest BCUT2D eigenvalue weighted by Crippen LogP contribution is 2.28. The molecular weight excluding hydrogens is 430 g/mol. The molecule has 1 aliphatic rings. The van der Waals surface area contributed by atoms with Gasteiger partial charge in [-0.15, -0.1) is 0 Å². The van der Waals surface area contributed by atoms with E-state index in [9.17, 15) is 9.59 Å². The number of nitrogens with zero attached hydrogens (tertiary/aromatic N) is 1. The first kappa shape index (κ1) is 19.4.